The molecule has 3 aromatic rings. The lowest BCUT2D eigenvalue weighted by Crippen LogP contribution is -2.20. The number of alkyl halides is 6. The highest BCUT2D eigenvalue weighted by Crippen LogP contribution is 2.32. The lowest BCUT2D eigenvalue weighted by molar-refractivity contribution is -0.232. The van der Waals surface area contributed by atoms with Gasteiger partial charge in [-0.25, -0.2) is 0 Å². The lowest BCUT2D eigenvalue weighted by atomic mass is 10.4. The number of rotatable bonds is 3. The molecule has 0 amide bonds. The van der Waals surface area contributed by atoms with Crippen LogP contribution in [0, 0.1) is 0 Å². The van der Waals surface area contributed by atoms with Crippen LogP contribution in [0.2, 0.25) is 0 Å². The zero-order chi connectivity index (χ0) is 20.6. The van der Waals surface area contributed by atoms with E-state index in [1.54, 1.807) is 0 Å². The van der Waals surface area contributed by atoms with Gasteiger partial charge in [-0.2, -0.15) is 26.3 Å². The molecule has 0 aliphatic heterocycles. The first-order valence-electron chi connectivity index (χ1n) is 8.24. The Hall–Kier alpha value is -2.33. The molecule has 3 rings (SSSR count). The molecular formula is C21H17F6P. The quantitative estimate of drug-likeness (QED) is 0.367. The van der Waals surface area contributed by atoms with Crippen molar-refractivity contribution < 1.29 is 26.3 Å². The summed E-state index contributed by atoms with van der Waals surface area (Å²) in [6, 6.07) is 32.3. The molecule has 0 bridgehead atoms. The minimum Gasteiger partial charge on any atom is -0.171 e. The van der Waals surface area contributed by atoms with Gasteiger partial charge in [0.05, 0.1) is 0 Å². The number of hydrogen-bond donors (Lipinski definition) is 0. The Morgan fingerprint density at radius 1 is 0.464 bits per heavy atom. The van der Waals surface area contributed by atoms with Gasteiger partial charge in [-0.3, -0.25) is 0 Å². The molecule has 0 saturated carbocycles. The molecule has 0 nitrogen and oxygen atoms in total. The van der Waals surface area contributed by atoms with Crippen molar-refractivity contribution in [3.63, 3.8) is 0 Å². The second kappa shape index (κ2) is 9.74. The topological polar surface area (TPSA) is 0 Å². The monoisotopic (exact) mass is 414 g/mol. The largest absolute Gasteiger partial charge is 0.397 e. The maximum Gasteiger partial charge on any atom is 0.397 e. The molecular weight excluding hydrogens is 397 g/mol. The van der Waals surface area contributed by atoms with Crippen LogP contribution in [0.4, 0.5) is 26.3 Å². The van der Waals surface area contributed by atoms with E-state index < -0.39 is 26.7 Å². The Labute approximate surface area is 160 Å². The maximum atomic E-state index is 10.8. The lowest BCUT2D eigenvalue weighted by Gasteiger charge is -2.18. The van der Waals surface area contributed by atoms with E-state index in [4.69, 9.17) is 0 Å². The third-order valence-corrected chi connectivity index (χ3v) is 5.89. The molecule has 3 aromatic carbocycles. The fourth-order valence-corrected chi connectivity index (χ4v) is 4.71. The van der Waals surface area contributed by atoms with Crippen molar-refractivity contribution in [1.82, 2.24) is 0 Å². The van der Waals surface area contributed by atoms with E-state index in [1.165, 1.54) is 15.9 Å². The molecule has 0 N–H and O–H groups in total. The summed E-state index contributed by atoms with van der Waals surface area (Å²) >= 11 is 0. The van der Waals surface area contributed by atoms with Crippen molar-refractivity contribution >= 4 is 23.8 Å². The Balaban J connectivity index is 0.000000266. The highest BCUT2D eigenvalue weighted by atomic mass is 31.1. The molecule has 0 heterocycles. The van der Waals surface area contributed by atoms with Gasteiger partial charge in [0.2, 0.25) is 0 Å². The third-order valence-electron chi connectivity index (χ3n) is 3.44. The summed E-state index contributed by atoms with van der Waals surface area (Å²) in [5.74, 6) is 0. The van der Waals surface area contributed by atoms with Gasteiger partial charge >= 0.3 is 12.4 Å². The van der Waals surface area contributed by atoms with Crippen LogP contribution in [0.5, 0.6) is 0 Å². The van der Waals surface area contributed by atoms with E-state index in [2.05, 4.69) is 91.0 Å². The molecule has 7 heteroatoms. The average molecular weight is 414 g/mol. The van der Waals surface area contributed by atoms with Crippen LogP contribution >= 0.6 is 7.92 Å². The third kappa shape index (κ3) is 7.73. The van der Waals surface area contributed by atoms with Crippen molar-refractivity contribution in [3.05, 3.63) is 91.0 Å². The molecule has 148 valence electrons. The van der Waals surface area contributed by atoms with E-state index in [0.717, 1.165) is 0 Å². The zero-order valence-corrected chi connectivity index (χ0v) is 15.5. The molecule has 28 heavy (non-hydrogen) atoms. The maximum absolute atomic E-state index is 10.8. The average Bonchev–Trinajstić information content (AvgIpc) is 2.62. The fraction of sp³-hybridized carbons (Fsp3) is 0.143. The Morgan fingerprint density at radius 2 is 0.714 bits per heavy atom. The first-order chi connectivity index (χ1) is 13.2. The summed E-state index contributed by atoms with van der Waals surface area (Å²) < 4.78 is 65.0. The second-order valence-corrected chi connectivity index (χ2v) is 7.97. The molecule has 0 aromatic heterocycles. The van der Waals surface area contributed by atoms with Crippen molar-refractivity contribution in [3.8, 4) is 0 Å². The van der Waals surface area contributed by atoms with Crippen molar-refractivity contribution in [2.45, 2.75) is 18.8 Å². The van der Waals surface area contributed by atoms with E-state index in [0.29, 0.717) is 0 Å². The van der Waals surface area contributed by atoms with Gasteiger partial charge in [0.15, 0.2) is 0 Å². The molecule has 0 radical (unpaired) electrons. The van der Waals surface area contributed by atoms with Gasteiger partial charge < -0.3 is 0 Å². The summed E-state index contributed by atoms with van der Waals surface area (Å²) in [6.07, 6.45) is -13.0. The van der Waals surface area contributed by atoms with Gasteiger partial charge in [0.1, 0.15) is 6.42 Å². The predicted octanol–water partition coefficient (Wildman–Crippen LogP) is 5.95. The molecule has 0 unspecified atom stereocenters. The number of hydrogen-bond acceptors (Lipinski definition) is 0. The van der Waals surface area contributed by atoms with E-state index in [9.17, 15) is 26.3 Å². The van der Waals surface area contributed by atoms with Crippen molar-refractivity contribution in [2.24, 2.45) is 0 Å². The Morgan fingerprint density at radius 3 is 0.893 bits per heavy atom. The van der Waals surface area contributed by atoms with Gasteiger partial charge in [-0.15, -0.1) is 0 Å². The van der Waals surface area contributed by atoms with E-state index >= 15 is 0 Å². The standard InChI is InChI=1S/C18H15P.C3H2F6/c1-4-10-16(11-5-1)19(17-12-6-2-7-13-17)18-14-8-3-9-15-18;4-2(5,6)1-3(7,8)9/h1-15H;1H2. The van der Waals surface area contributed by atoms with Gasteiger partial charge in [-0.05, 0) is 23.8 Å². The van der Waals surface area contributed by atoms with Crippen LogP contribution < -0.4 is 15.9 Å². The zero-order valence-electron chi connectivity index (χ0n) is 14.6. The first kappa shape index (κ1) is 22.0. The SMILES string of the molecule is FC(F)(F)CC(F)(F)F.c1ccc(P(c2ccccc2)c2ccccc2)cc1. The smallest absolute Gasteiger partial charge is 0.171 e. The summed E-state index contributed by atoms with van der Waals surface area (Å²) in [4.78, 5) is 0. The summed E-state index contributed by atoms with van der Waals surface area (Å²) in [6.45, 7) is 0. The van der Waals surface area contributed by atoms with Crippen molar-refractivity contribution in [1.29, 1.82) is 0 Å². The molecule has 0 fully saturated rings. The first-order valence-corrected chi connectivity index (χ1v) is 9.59. The minimum atomic E-state index is -5.14. The van der Waals surface area contributed by atoms with Crippen LogP contribution in [0.1, 0.15) is 6.42 Å². The highest BCUT2D eigenvalue weighted by molar-refractivity contribution is 7.79. The van der Waals surface area contributed by atoms with Crippen molar-refractivity contribution in [2.75, 3.05) is 0 Å². The van der Waals surface area contributed by atoms with Gasteiger partial charge in [0.25, 0.3) is 0 Å². The molecule has 0 aliphatic rings. The predicted molar refractivity (Wildman–Crippen MR) is 102 cm³/mol. The normalized spacial score (nSPS) is 11.7. The molecule has 0 aliphatic carbocycles. The van der Waals surface area contributed by atoms with Crippen LogP contribution in [0.25, 0.3) is 0 Å². The van der Waals surface area contributed by atoms with E-state index in [1.807, 2.05) is 0 Å². The Kier molecular flexibility index (Phi) is 7.64. The Bertz CT molecular complexity index is 708. The van der Waals surface area contributed by atoms with Gasteiger partial charge in [0, 0.05) is 0 Å². The number of benzene rings is 3. The molecule has 0 spiro atoms. The van der Waals surface area contributed by atoms with Crippen LogP contribution in [0.3, 0.4) is 0 Å². The summed E-state index contributed by atoms with van der Waals surface area (Å²) in [5, 5.41) is 4.19. The van der Waals surface area contributed by atoms with Crippen LogP contribution in [0.15, 0.2) is 91.0 Å². The molecule has 0 atom stereocenters. The van der Waals surface area contributed by atoms with Crippen LogP contribution in [-0.2, 0) is 0 Å². The fourth-order valence-electron chi connectivity index (χ4n) is 2.41. The second-order valence-electron chi connectivity index (χ2n) is 5.75. The van der Waals surface area contributed by atoms with Crippen LogP contribution in [-0.4, -0.2) is 12.4 Å². The minimum absolute atomic E-state index is 0.446. The van der Waals surface area contributed by atoms with Gasteiger partial charge in [-0.1, -0.05) is 91.0 Å². The highest BCUT2D eigenvalue weighted by Gasteiger charge is 2.43. The number of halogens is 6. The van der Waals surface area contributed by atoms with E-state index in [-0.39, 0.29) is 0 Å². The summed E-state index contributed by atoms with van der Waals surface area (Å²) in [7, 11) is -0.446. The summed E-state index contributed by atoms with van der Waals surface area (Å²) in [5.41, 5.74) is 0. The molecule has 0 saturated heterocycles.